The van der Waals surface area contributed by atoms with Crippen molar-refractivity contribution in [2.45, 2.75) is 33.2 Å². The number of halogens is 1. The van der Waals surface area contributed by atoms with Gasteiger partial charge in [-0.15, -0.1) is 0 Å². The van der Waals surface area contributed by atoms with Gasteiger partial charge >= 0.3 is 6.09 Å². The van der Waals surface area contributed by atoms with Gasteiger partial charge in [-0.3, -0.25) is 0 Å². The smallest absolute Gasteiger partial charge is 0.407 e. The van der Waals surface area contributed by atoms with Crippen molar-refractivity contribution < 1.29 is 9.90 Å². The SMILES string of the molecule is CC(C)(C)C1CN(c2ccc(Br)cn2)CCCN1C(=O)O. The maximum Gasteiger partial charge on any atom is 0.407 e. The lowest BCUT2D eigenvalue weighted by atomic mass is 9.85. The molecule has 1 aromatic heterocycles. The predicted octanol–water partition coefficient (Wildman–Crippen LogP) is 3.45. The van der Waals surface area contributed by atoms with Crippen molar-refractivity contribution in [3.63, 3.8) is 0 Å². The molecule has 1 aliphatic rings. The number of carboxylic acid groups (broad SMARTS) is 1. The van der Waals surface area contributed by atoms with Crippen molar-refractivity contribution >= 4 is 27.8 Å². The molecule has 0 spiro atoms. The molecule has 1 N–H and O–H groups in total. The largest absolute Gasteiger partial charge is 0.465 e. The second-order valence-electron chi connectivity index (χ2n) is 6.49. The van der Waals surface area contributed by atoms with Crippen LogP contribution in [0.15, 0.2) is 22.8 Å². The molecule has 1 aliphatic heterocycles. The van der Waals surface area contributed by atoms with E-state index in [0.717, 1.165) is 23.3 Å². The topological polar surface area (TPSA) is 56.7 Å². The van der Waals surface area contributed by atoms with Crippen molar-refractivity contribution in [3.8, 4) is 0 Å². The number of amides is 1. The van der Waals surface area contributed by atoms with Crippen LogP contribution in [0.4, 0.5) is 10.6 Å². The second kappa shape index (κ2) is 6.22. The van der Waals surface area contributed by atoms with Gasteiger partial charge in [0.25, 0.3) is 0 Å². The van der Waals surface area contributed by atoms with Gasteiger partial charge in [0.05, 0.1) is 6.04 Å². The summed E-state index contributed by atoms with van der Waals surface area (Å²) in [6.07, 6.45) is 1.76. The van der Waals surface area contributed by atoms with E-state index in [1.807, 2.05) is 12.1 Å². The van der Waals surface area contributed by atoms with E-state index < -0.39 is 6.09 Å². The van der Waals surface area contributed by atoms with Gasteiger partial charge < -0.3 is 14.9 Å². The first-order valence-electron chi connectivity index (χ1n) is 7.15. The Kier molecular flexibility index (Phi) is 4.76. The van der Waals surface area contributed by atoms with Crippen LogP contribution in [0.5, 0.6) is 0 Å². The van der Waals surface area contributed by atoms with E-state index in [1.54, 1.807) is 11.1 Å². The summed E-state index contributed by atoms with van der Waals surface area (Å²) in [7, 11) is 0. The van der Waals surface area contributed by atoms with E-state index in [-0.39, 0.29) is 11.5 Å². The zero-order valence-corrected chi connectivity index (χ0v) is 14.3. The first-order valence-corrected chi connectivity index (χ1v) is 7.94. The molecule has 2 rings (SSSR count). The van der Waals surface area contributed by atoms with Crippen LogP contribution in [0, 0.1) is 5.41 Å². The number of anilines is 1. The monoisotopic (exact) mass is 355 g/mol. The van der Waals surface area contributed by atoms with Crippen LogP contribution >= 0.6 is 15.9 Å². The highest BCUT2D eigenvalue weighted by molar-refractivity contribution is 9.10. The Morgan fingerprint density at radius 2 is 2.10 bits per heavy atom. The fraction of sp³-hybridized carbons (Fsp3) is 0.600. The predicted molar refractivity (Wildman–Crippen MR) is 86.7 cm³/mol. The molecular weight excluding hydrogens is 334 g/mol. The molecule has 1 amide bonds. The van der Waals surface area contributed by atoms with Gasteiger partial charge in [-0.05, 0) is 39.9 Å². The molecule has 1 atom stereocenters. The summed E-state index contributed by atoms with van der Waals surface area (Å²) in [6, 6.07) is 3.89. The van der Waals surface area contributed by atoms with Crippen molar-refractivity contribution in [1.29, 1.82) is 0 Å². The van der Waals surface area contributed by atoms with Gasteiger partial charge in [-0.1, -0.05) is 20.8 Å². The summed E-state index contributed by atoms with van der Waals surface area (Å²) in [5.74, 6) is 0.902. The van der Waals surface area contributed by atoms with Crippen LogP contribution in [0.2, 0.25) is 0 Å². The van der Waals surface area contributed by atoms with Gasteiger partial charge in [0, 0.05) is 30.3 Å². The summed E-state index contributed by atoms with van der Waals surface area (Å²) in [5, 5.41) is 9.48. The molecular formula is C15H22BrN3O2. The summed E-state index contributed by atoms with van der Waals surface area (Å²) in [4.78, 5) is 19.7. The minimum absolute atomic E-state index is 0.0528. The van der Waals surface area contributed by atoms with Gasteiger partial charge in [0.2, 0.25) is 0 Å². The third-order valence-electron chi connectivity index (χ3n) is 3.88. The number of nitrogens with zero attached hydrogens (tertiary/aromatic N) is 3. The fourth-order valence-electron chi connectivity index (χ4n) is 2.72. The van der Waals surface area contributed by atoms with Crippen LogP contribution < -0.4 is 4.90 Å². The normalized spacial score (nSPS) is 20.3. The first kappa shape index (κ1) is 16.1. The molecule has 0 bridgehead atoms. The fourth-order valence-corrected chi connectivity index (χ4v) is 2.95. The molecule has 6 heteroatoms. The second-order valence-corrected chi connectivity index (χ2v) is 7.41. The van der Waals surface area contributed by atoms with Gasteiger partial charge in [-0.25, -0.2) is 9.78 Å². The van der Waals surface area contributed by atoms with Crippen LogP contribution in [-0.4, -0.2) is 46.8 Å². The highest BCUT2D eigenvalue weighted by atomic mass is 79.9. The van der Waals surface area contributed by atoms with Crippen LogP contribution in [0.3, 0.4) is 0 Å². The van der Waals surface area contributed by atoms with Crippen molar-refractivity contribution in [3.05, 3.63) is 22.8 Å². The molecule has 5 nitrogen and oxygen atoms in total. The van der Waals surface area contributed by atoms with E-state index in [9.17, 15) is 9.90 Å². The summed E-state index contributed by atoms with van der Waals surface area (Å²) in [5.41, 5.74) is -0.115. The minimum Gasteiger partial charge on any atom is -0.465 e. The van der Waals surface area contributed by atoms with Crippen LogP contribution in [0.1, 0.15) is 27.2 Å². The molecule has 21 heavy (non-hydrogen) atoms. The van der Waals surface area contributed by atoms with Gasteiger partial charge in [0.15, 0.2) is 0 Å². The molecule has 0 aliphatic carbocycles. The highest BCUT2D eigenvalue weighted by Gasteiger charge is 2.36. The third-order valence-corrected chi connectivity index (χ3v) is 4.35. The van der Waals surface area contributed by atoms with Gasteiger partial charge in [-0.2, -0.15) is 0 Å². The zero-order chi connectivity index (χ0) is 15.6. The maximum absolute atomic E-state index is 11.5. The number of carbonyl (C=O) groups is 1. The van der Waals surface area contributed by atoms with Gasteiger partial charge in [0.1, 0.15) is 5.82 Å². The van der Waals surface area contributed by atoms with E-state index in [2.05, 4.69) is 46.6 Å². The number of hydrogen-bond acceptors (Lipinski definition) is 3. The zero-order valence-electron chi connectivity index (χ0n) is 12.7. The number of aromatic nitrogens is 1. The standard InChI is InChI=1S/C15H22BrN3O2/c1-15(2,3)12-10-18(7-4-8-19(12)14(20)21)13-6-5-11(16)9-17-13/h5-6,9,12H,4,7-8,10H2,1-3H3,(H,20,21). The molecule has 0 radical (unpaired) electrons. The average Bonchev–Trinajstić information content (AvgIpc) is 2.62. The van der Waals surface area contributed by atoms with Crippen LogP contribution in [0.25, 0.3) is 0 Å². The molecule has 0 aromatic carbocycles. The average molecular weight is 356 g/mol. The van der Waals surface area contributed by atoms with E-state index in [4.69, 9.17) is 0 Å². The van der Waals surface area contributed by atoms with E-state index >= 15 is 0 Å². The number of pyridine rings is 1. The Labute approximate surface area is 134 Å². The third kappa shape index (κ3) is 3.87. The molecule has 1 aromatic rings. The lowest BCUT2D eigenvalue weighted by molar-refractivity contribution is 0.0902. The lowest BCUT2D eigenvalue weighted by Crippen LogP contribution is -2.51. The maximum atomic E-state index is 11.5. The first-order chi connectivity index (χ1) is 9.79. The Balaban J connectivity index is 2.26. The summed E-state index contributed by atoms with van der Waals surface area (Å²) in [6.45, 7) is 8.34. The quantitative estimate of drug-likeness (QED) is 0.837. The van der Waals surface area contributed by atoms with Crippen molar-refractivity contribution in [1.82, 2.24) is 9.88 Å². The highest BCUT2D eigenvalue weighted by Crippen LogP contribution is 2.29. The molecule has 116 valence electrons. The molecule has 1 unspecified atom stereocenters. The Hall–Kier alpha value is -1.30. The Morgan fingerprint density at radius 3 is 2.62 bits per heavy atom. The van der Waals surface area contributed by atoms with E-state index in [0.29, 0.717) is 13.1 Å². The molecule has 1 fully saturated rings. The number of rotatable bonds is 1. The van der Waals surface area contributed by atoms with Crippen LogP contribution in [-0.2, 0) is 0 Å². The Morgan fingerprint density at radius 1 is 1.38 bits per heavy atom. The summed E-state index contributed by atoms with van der Waals surface area (Å²) < 4.78 is 0.945. The van der Waals surface area contributed by atoms with Crippen molar-refractivity contribution in [2.75, 3.05) is 24.5 Å². The van der Waals surface area contributed by atoms with E-state index in [1.165, 1.54) is 0 Å². The lowest BCUT2D eigenvalue weighted by Gasteiger charge is -2.39. The number of hydrogen-bond donors (Lipinski definition) is 1. The molecule has 1 saturated heterocycles. The minimum atomic E-state index is -0.833. The van der Waals surface area contributed by atoms with Crippen molar-refractivity contribution in [2.24, 2.45) is 5.41 Å². The summed E-state index contributed by atoms with van der Waals surface area (Å²) >= 11 is 3.39. The molecule has 2 heterocycles. The Bertz CT molecular complexity index is 499. The molecule has 0 saturated carbocycles.